The van der Waals surface area contributed by atoms with Gasteiger partial charge in [-0.05, 0) is 246 Å². The number of benzene rings is 18. The zero-order valence-corrected chi connectivity index (χ0v) is 60.8. The van der Waals surface area contributed by atoms with Gasteiger partial charge in [0.25, 0.3) is 0 Å². The lowest BCUT2D eigenvalue weighted by atomic mass is 9.85. The molecular weight excluding hydrogens is 1360 g/mol. The summed E-state index contributed by atoms with van der Waals surface area (Å²) in [6, 6.07) is 142. The zero-order valence-electron chi connectivity index (χ0n) is 60.8. The van der Waals surface area contributed by atoms with E-state index in [1.54, 1.807) is 0 Å². The van der Waals surface area contributed by atoms with Crippen LogP contribution in [0.4, 0.5) is 91.0 Å². The average molecular weight is 1430 g/mol. The monoisotopic (exact) mass is 1430 g/mol. The van der Waals surface area contributed by atoms with Crippen molar-refractivity contribution in [3.63, 3.8) is 0 Å². The maximum Gasteiger partial charge on any atom is 0.187 e. The summed E-state index contributed by atoms with van der Waals surface area (Å²) in [5.74, 6) is 0. The van der Waals surface area contributed by atoms with Gasteiger partial charge in [0.05, 0.1) is 32.0 Å². The van der Waals surface area contributed by atoms with Crippen LogP contribution < -0.4 is 19.6 Å². The van der Waals surface area contributed by atoms with E-state index in [0.717, 1.165) is 156 Å². The quantitative estimate of drug-likeness (QED) is 0.0712. The highest BCUT2D eigenvalue weighted by molar-refractivity contribution is 6.26. The van der Waals surface area contributed by atoms with E-state index < -0.39 is 0 Å². The van der Waals surface area contributed by atoms with Crippen LogP contribution in [0.3, 0.4) is 0 Å². The Hall–Kier alpha value is -15.8. The van der Waals surface area contributed by atoms with Crippen molar-refractivity contribution in [2.45, 2.75) is 0 Å². The summed E-state index contributed by atoms with van der Waals surface area (Å²) in [5, 5.41) is 8.58. The van der Waals surface area contributed by atoms with E-state index in [9.17, 15) is 0 Å². The standard InChI is InChI=1S/2C52H34N4/c1-53-39-19-14-17-37(35-39)50-46-27-12-13-28-47(46)51(38-18-15-20-40(36-38)54-2)52-48(50)29-16-30-49(52)56(43-25-10-5-11-26-43)45-33-31-44(32-34-45)55(41-21-6-3-7-22-41)42-23-8-4-9-24-42;1-53-39-18-14-16-37(34-39)51-47-26-12-13-27-48(47)52(38-17-15-19-40(35-38)54-2)50-36-46(32-33-49(50)51)56(43-24-10-5-11-25-43)45-30-28-44(29-31-45)55(41-20-6-3-7-21-41)42-22-8-4-9-23-42/h2*3-36H. The number of nitrogens with zero attached hydrogens (tertiary/aromatic N) is 8. The lowest BCUT2D eigenvalue weighted by Crippen LogP contribution is -2.12. The molecule has 0 atom stereocenters. The molecule has 0 N–H and O–H groups in total. The normalized spacial score (nSPS) is 10.8. The molecule has 0 spiro atoms. The molecule has 0 amide bonds. The molecule has 0 aliphatic carbocycles. The first-order valence-electron chi connectivity index (χ1n) is 37.0. The van der Waals surface area contributed by atoms with Gasteiger partial charge in [0, 0.05) is 67.9 Å². The molecule has 524 valence electrons. The first kappa shape index (κ1) is 69.2. The van der Waals surface area contributed by atoms with Crippen molar-refractivity contribution in [3.8, 4) is 44.5 Å². The van der Waals surface area contributed by atoms with Gasteiger partial charge in [0.2, 0.25) is 0 Å². The Kier molecular flexibility index (Phi) is 19.3. The van der Waals surface area contributed by atoms with Gasteiger partial charge in [0.15, 0.2) is 22.7 Å². The Morgan fingerprint density at radius 2 is 0.393 bits per heavy atom. The SMILES string of the molecule is [C-]#[N+]c1cccc(-c2c3ccccc3c(-c3cccc([N+]#[C-])c3)c3c(N(c4ccccc4)c4ccc(N(c5ccccc5)c5ccccc5)cc4)cccc23)c1.[C-]#[N+]c1cccc(-c2c3ccccc3c(-c3cccc([N+]#[C-])c3)c3cc(N(c4ccccc4)c4ccc(N(c5ccccc5)c5ccccc5)cc4)ccc23)c1. The van der Waals surface area contributed by atoms with Crippen LogP contribution in [0.5, 0.6) is 0 Å². The fraction of sp³-hybridized carbons (Fsp3) is 0. The Bertz CT molecular complexity index is 6510. The van der Waals surface area contributed by atoms with E-state index in [4.69, 9.17) is 26.3 Å². The van der Waals surface area contributed by atoms with Crippen LogP contribution in [0.1, 0.15) is 0 Å². The summed E-state index contributed by atoms with van der Waals surface area (Å²) in [6.07, 6.45) is 0. The van der Waals surface area contributed by atoms with Gasteiger partial charge in [-0.15, -0.1) is 0 Å². The molecular formula is C104H68N8. The van der Waals surface area contributed by atoms with E-state index >= 15 is 0 Å². The first-order chi connectivity index (χ1) is 55.4. The fourth-order valence-electron chi connectivity index (χ4n) is 15.6. The van der Waals surface area contributed by atoms with Gasteiger partial charge in [-0.25, -0.2) is 19.4 Å². The highest BCUT2D eigenvalue weighted by Gasteiger charge is 2.26. The van der Waals surface area contributed by atoms with Crippen molar-refractivity contribution in [1.29, 1.82) is 0 Å². The van der Waals surface area contributed by atoms with Crippen molar-refractivity contribution >= 4 is 134 Å². The summed E-state index contributed by atoms with van der Waals surface area (Å²) in [7, 11) is 0. The molecule has 0 heterocycles. The van der Waals surface area contributed by atoms with Gasteiger partial charge in [0.1, 0.15) is 0 Å². The van der Waals surface area contributed by atoms with E-state index in [1.807, 2.05) is 109 Å². The third-order valence-electron chi connectivity index (χ3n) is 20.4. The van der Waals surface area contributed by atoms with Gasteiger partial charge >= 0.3 is 0 Å². The molecule has 0 aliphatic heterocycles. The lowest BCUT2D eigenvalue weighted by molar-refractivity contribution is 1.26. The van der Waals surface area contributed by atoms with Crippen molar-refractivity contribution in [3.05, 3.63) is 458 Å². The van der Waals surface area contributed by atoms with E-state index in [0.29, 0.717) is 22.7 Å². The molecule has 8 nitrogen and oxygen atoms in total. The molecule has 0 saturated heterocycles. The van der Waals surface area contributed by atoms with Crippen molar-refractivity contribution < 1.29 is 0 Å². The Balaban J connectivity index is 0.000000163. The Morgan fingerprint density at radius 1 is 0.161 bits per heavy atom. The Labute approximate surface area is 652 Å². The number of anilines is 12. The molecule has 18 rings (SSSR count). The van der Waals surface area contributed by atoms with Crippen LogP contribution in [0.25, 0.3) is 107 Å². The first-order valence-corrected chi connectivity index (χ1v) is 37.0. The van der Waals surface area contributed by atoms with Crippen LogP contribution in [-0.4, -0.2) is 0 Å². The molecule has 0 radical (unpaired) electrons. The molecule has 0 fully saturated rings. The van der Waals surface area contributed by atoms with Crippen LogP contribution in [0.15, 0.2) is 413 Å². The molecule has 0 saturated carbocycles. The molecule has 112 heavy (non-hydrogen) atoms. The fourth-order valence-corrected chi connectivity index (χ4v) is 15.6. The number of fused-ring (bicyclic) bond motifs is 4. The van der Waals surface area contributed by atoms with Gasteiger partial charge in [-0.2, -0.15) is 0 Å². The molecule has 0 unspecified atom stereocenters. The minimum atomic E-state index is 0.586. The third-order valence-corrected chi connectivity index (χ3v) is 20.4. The number of rotatable bonds is 16. The van der Waals surface area contributed by atoms with Gasteiger partial charge in [-0.3, -0.25) is 0 Å². The maximum atomic E-state index is 7.90. The van der Waals surface area contributed by atoms with Crippen LogP contribution in [-0.2, 0) is 0 Å². The zero-order chi connectivity index (χ0) is 75.7. The summed E-state index contributed by atoms with van der Waals surface area (Å²) < 4.78 is 0. The number of hydrogen-bond donors (Lipinski definition) is 0. The maximum absolute atomic E-state index is 7.90. The highest BCUT2D eigenvalue weighted by atomic mass is 15.2. The summed E-state index contributed by atoms with van der Waals surface area (Å²) in [6.45, 7) is 31.3. The van der Waals surface area contributed by atoms with Gasteiger partial charge < -0.3 is 19.6 Å². The molecule has 0 aromatic heterocycles. The van der Waals surface area contributed by atoms with Crippen molar-refractivity contribution in [1.82, 2.24) is 0 Å². The smallest absolute Gasteiger partial charge is 0.187 e. The second-order valence-corrected chi connectivity index (χ2v) is 27.1. The topological polar surface area (TPSA) is 30.4 Å². The number of hydrogen-bond acceptors (Lipinski definition) is 4. The summed E-state index contributed by atoms with van der Waals surface area (Å²) >= 11 is 0. The average Bonchev–Trinajstić information content (AvgIpc) is 0.724. The van der Waals surface area contributed by atoms with E-state index in [-0.39, 0.29) is 0 Å². The van der Waals surface area contributed by atoms with Crippen molar-refractivity contribution in [2.24, 2.45) is 0 Å². The largest absolute Gasteiger partial charge is 0.311 e. The van der Waals surface area contributed by atoms with Crippen LogP contribution in [0, 0.1) is 26.3 Å². The number of para-hydroxylation sites is 6. The van der Waals surface area contributed by atoms with Crippen LogP contribution in [0.2, 0.25) is 0 Å². The molecule has 0 aliphatic rings. The summed E-state index contributed by atoms with van der Waals surface area (Å²) in [5.41, 5.74) is 23.0. The molecule has 18 aromatic rings. The minimum absolute atomic E-state index is 0.586. The molecule has 18 aromatic carbocycles. The van der Waals surface area contributed by atoms with E-state index in [1.165, 1.54) is 0 Å². The predicted octanol–water partition coefficient (Wildman–Crippen LogP) is 30.7. The van der Waals surface area contributed by atoms with Crippen LogP contribution >= 0.6 is 0 Å². The minimum Gasteiger partial charge on any atom is -0.311 e. The second kappa shape index (κ2) is 31.3. The van der Waals surface area contributed by atoms with E-state index in [2.05, 4.69) is 342 Å². The predicted molar refractivity (Wildman–Crippen MR) is 468 cm³/mol. The lowest BCUT2D eigenvalue weighted by Gasteiger charge is -2.30. The molecule has 8 heteroatoms. The second-order valence-electron chi connectivity index (χ2n) is 27.1. The summed E-state index contributed by atoms with van der Waals surface area (Å²) in [4.78, 5) is 24.4. The highest BCUT2D eigenvalue weighted by Crippen LogP contribution is 2.53. The van der Waals surface area contributed by atoms with Crippen molar-refractivity contribution in [2.75, 3.05) is 19.6 Å². The third kappa shape index (κ3) is 13.6. The Morgan fingerprint density at radius 3 is 0.732 bits per heavy atom. The van der Waals surface area contributed by atoms with Gasteiger partial charge in [-0.1, -0.05) is 249 Å². The molecule has 0 bridgehead atoms.